The first kappa shape index (κ1) is 20.0. The highest BCUT2D eigenvalue weighted by Gasteiger charge is 2.17. The van der Waals surface area contributed by atoms with Crippen molar-refractivity contribution in [2.24, 2.45) is 0 Å². The predicted octanol–water partition coefficient (Wildman–Crippen LogP) is 4.84. The molecule has 3 N–H and O–H groups in total. The summed E-state index contributed by atoms with van der Waals surface area (Å²) in [7, 11) is 0. The number of H-pyrrole nitrogens is 2. The lowest BCUT2D eigenvalue weighted by molar-refractivity contribution is 0.898. The lowest BCUT2D eigenvalue weighted by Crippen LogP contribution is -2.09. The molecule has 0 saturated carbocycles. The van der Waals surface area contributed by atoms with Gasteiger partial charge < -0.3 is 10.3 Å². The molecule has 0 atom stereocenters. The molecule has 166 valence electrons. The number of anilines is 1. The van der Waals surface area contributed by atoms with Crippen LogP contribution in [0.2, 0.25) is 0 Å². The van der Waals surface area contributed by atoms with Gasteiger partial charge in [0.15, 0.2) is 11.5 Å². The zero-order valence-electron chi connectivity index (χ0n) is 18.6. The molecule has 0 aliphatic rings. The van der Waals surface area contributed by atoms with E-state index in [0.29, 0.717) is 23.2 Å². The maximum Gasteiger partial charge on any atom is 0.159 e. The Morgan fingerprint density at radius 3 is 2.65 bits per heavy atom. The number of nitrogens with one attached hydrogen (secondary N) is 3. The van der Waals surface area contributed by atoms with Gasteiger partial charge in [-0.15, -0.1) is 0 Å². The van der Waals surface area contributed by atoms with Crippen molar-refractivity contribution < 1.29 is 0 Å². The van der Waals surface area contributed by atoms with E-state index in [-0.39, 0.29) is 0 Å². The van der Waals surface area contributed by atoms with Gasteiger partial charge in [-0.05, 0) is 44.2 Å². The minimum Gasteiger partial charge on any atom is -0.382 e. The topological polar surface area (TPSA) is 121 Å². The minimum absolute atomic E-state index is 0.316. The molecule has 34 heavy (non-hydrogen) atoms. The zero-order valence-corrected chi connectivity index (χ0v) is 18.6. The third-order valence-electron chi connectivity index (χ3n) is 5.48. The summed E-state index contributed by atoms with van der Waals surface area (Å²) >= 11 is 0. The van der Waals surface area contributed by atoms with E-state index in [1.54, 1.807) is 12.4 Å². The fraction of sp³-hybridized carbons (Fsp3) is 0.120. The minimum atomic E-state index is 0.316. The van der Waals surface area contributed by atoms with Gasteiger partial charge in [0, 0.05) is 48.2 Å². The normalized spacial score (nSPS) is 11.5. The third-order valence-corrected chi connectivity index (χ3v) is 5.48. The number of aromatic nitrogens is 8. The van der Waals surface area contributed by atoms with Gasteiger partial charge in [-0.2, -0.15) is 5.10 Å². The number of nitrogens with zero attached hydrogens (tertiary/aromatic N) is 6. The van der Waals surface area contributed by atoms with Crippen LogP contribution in [0.3, 0.4) is 0 Å². The molecule has 9 heteroatoms. The molecule has 0 fully saturated rings. The molecule has 6 aromatic rings. The molecule has 0 unspecified atom stereocenters. The number of imidazole rings is 1. The molecule has 0 aliphatic heterocycles. The number of fused-ring (bicyclic) bond motifs is 2. The summed E-state index contributed by atoms with van der Waals surface area (Å²) in [6.45, 7) is 4.19. The van der Waals surface area contributed by atoms with Gasteiger partial charge in [0.25, 0.3) is 0 Å². The van der Waals surface area contributed by atoms with Crippen molar-refractivity contribution in [2.75, 3.05) is 5.32 Å². The second-order valence-corrected chi connectivity index (χ2v) is 8.31. The first-order valence-corrected chi connectivity index (χ1v) is 11.0. The molecule has 0 radical (unpaired) electrons. The average Bonchev–Trinajstić information content (AvgIpc) is 3.48. The molecule has 9 nitrogen and oxygen atoms in total. The van der Waals surface area contributed by atoms with E-state index in [4.69, 9.17) is 4.98 Å². The highest BCUT2D eigenvalue weighted by molar-refractivity contribution is 5.95. The van der Waals surface area contributed by atoms with Crippen molar-refractivity contribution in [1.82, 2.24) is 40.1 Å². The van der Waals surface area contributed by atoms with E-state index >= 15 is 0 Å². The summed E-state index contributed by atoms with van der Waals surface area (Å²) in [5, 5.41) is 11.8. The smallest absolute Gasteiger partial charge is 0.159 e. The van der Waals surface area contributed by atoms with Crippen LogP contribution >= 0.6 is 0 Å². The number of aromatic amines is 2. The SMILES string of the molecule is CC(C)Nc1cncc(-c2cnc3[nH]nc(-c4nc5c(-c6ccccn6)nccc5[nH]4)c3c2)c1. The molecule has 0 saturated heterocycles. The number of hydrogen-bond donors (Lipinski definition) is 3. The first-order valence-electron chi connectivity index (χ1n) is 11.0. The van der Waals surface area contributed by atoms with E-state index in [0.717, 1.165) is 44.6 Å². The monoisotopic (exact) mass is 447 g/mol. The van der Waals surface area contributed by atoms with Crippen LogP contribution in [0.4, 0.5) is 5.69 Å². The van der Waals surface area contributed by atoms with Gasteiger partial charge >= 0.3 is 0 Å². The highest BCUT2D eigenvalue weighted by atomic mass is 15.2. The van der Waals surface area contributed by atoms with Gasteiger partial charge in [0.2, 0.25) is 0 Å². The van der Waals surface area contributed by atoms with E-state index < -0.39 is 0 Å². The molecule has 6 aromatic heterocycles. The Kier molecular flexibility index (Phi) is 4.72. The fourth-order valence-electron chi connectivity index (χ4n) is 3.99. The summed E-state index contributed by atoms with van der Waals surface area (Å²) in [5.41, 5.74) is 7.36. The van der Waals surface area contributed by atoms with E-state index in [2.05, 4.69) is 66.4 Å². The van der Waals surface area contributed by atoms with Crippen LogP contribution in [-0.4, -0.2) is 46.1 Å². The molecule has 0 spiro atoms. The van der Waals surface area contributed by atoms with Gasteiger partial charge in [0.05, 0.1) is 22.3 Å². The predicted molar refractivity (Wildman–Crippen MR) is 132 cm³/mol. The molecule has 0 aromatic carbocycles. The van der Waals surface area contributed by atoms with E-state index in [1.807, 2.05) is 42.9 Å². The number of pyridine rings is 4. The standard InChI is InChI=1S/C25H21N9/c1-14(2)30-17-9-15(11-26-13-17)16-10-18-21(33-34-24(18)29-12-16)25-31-20-6-8-28-22(23(20)32-25)19-5-3-4-7-27-19/h3-14,30H,1-2H3,(H,31,32)(H,29,33,34). The van der Waals surface area contributed by atoms with Crippen LogP contribution in [0, 0.1) is 0 Å². The average molecular weight is 448 g/mol. The molecule has 0 aliphatic carbocycles. The molecular weight excluding hydrogens is 426 g/mol. The van der Waals surface area contributed by atoms with Crippen molar-refractivity contribution in [3.05, 3.63) is 67.4 Å². The molecule has 0 amide bonds. The van der Waals surface area contributed by atoms with Crippen LogP contribution in [0.25, 0.3) is 56.1 Å². The van der Waals surface area contributed by atoms with Crippen LogP contribution in [0.5, 0.6) is 0 Å². The van der Waals surface area contributed by atoms with E-state index in [1.165, 1.54) is 0 Å². The van der Waals surface area contributed by atoms with Crippen molar-refractivity contribution >= 4 is 27.8 Å². The first-order chi connectivity index (χ1) is 16.7. The van der Waals surface area contributed by atoms with Crippen molar-refractivity contribution in [3.8, 4) is 34.0 Å². The highest BCUT2D eigenvalue weighted by Crippen LogP contribution is 2.31. The molecule has 6 heterocycles. The molecule has 6 rings (SSSR count). The Morgan fingerprint density at radius 2 is 1.79 bits per heavy atom. The van der Waals surface area contributed by atoms with Gasteiger partial charge in [0.1, 0.15) is 16.9 Å². The summed E-state index contributed by atoms with van der Waals surface area (Å²) in [5.74, 6) is 0.638. The second-order valence-electron chi connectivity index (χ2n) is 8.31. The van der Waals surface area contributed by atoms with Crippen molar-refractivity contribution in [1.29, 1.82) is 0 Å². The summed E-state index contributed by atoms with van der Waals surface area (Å²) in [6.07, 6.45) is 8.98. The summed E-state index contributed by atoms with van der Waals surface area (Å²) < 4.78 is 0. The second kappa shape index (κ2) is 8.04. The molecular formula is C25H21N9. The zero-order chi connectivity index (χ0) is 23.1. The Labute approximate surface area is 194 Å². The summed E-state index contributed by atoms with van der Waals surface area (Å²) in [4.78, 5) is 26.1. The van der Waals surface area contributed by atoms with Crippen molar-refractivity contribution in [3.63, 3.8) is 0 Å². The largest absolute Gasteiger partial charge is 0.382 e. The molecule has 0 bridgehead atoms. The van der Waals surface area contributed by atoms with Crippen molar-refractivity contribution in [2.45, 2.75) is 19.9 Å². The van der Waals surface area contributed by atoms with Crippen LogP contribution in [0.15, 0.2) is 67.4 Å². The van der Waals surface area contributed by atoms with Crippen LogP contribution < -0.4 is 5.32 Å². The van der Waals surface area contributed by atoms with Crippen LogP contribution in [0.1, 0.15) is 13.8 Å². The van der Waals surface area contributed by atoms with Crippen LogP contribution in [-0.2, 0) is 0 Å². The lowest BCUT2D eigenvalue weighted by atomic mass is 10.1. The Hall–Kier alpha value is -4.66. The fourth-order valence-corrected chi connectivity index (χ4v) is 3.99. The Balaban J connectivity index is 1.45. The quantitative estimate of drug-likeness (QED) is 0.346. The maximum absolute atomic E-state index is 4.84. The number of hydrogen-bond acceptors (Lipinski definition) is 7. The Morgan fingerprint density at radius 1 is 0.882 bits per heavy atom. The van der Waals surface area contributed by atoms with Gasteiger partial charge in [-0.25, -0.2) is 9.97 Å². The summed E-state index contributed by atoms with van der Waals surface area (Å²) in [6, 6.07) is 12.1. The van der Waals surface area contributed by atoms with E-state index in [9.17, 15) is 0 Å². The van der Waals surface area contributed by atoms with Gasteiger partial charge in [-0.1, -0.05) is 6.07 Å². The lowest BCUT2D eigenvalue weighted by Gasteiger charge is -2.10. The third kappa shape index (κ3) is 3.53. The maximum atomic E-state index is 4.84. The van der Waals surface area contributed by atoms with Gasteiger partial charge in [-0.3, -0.25) is 20.1 Å². The Bertz CT molecular complexity index is 1620. The number of rotatable bonds is 5.